The fourth-order valence-electron chi connectivity index (χ4n) is 2.16. The molecule has 1 atom stereocenters. The quantitative estimate of drug-likeness (QED) is 0.802. The first kappa shape index (κ1) is 11.6. The molecule has 16 heavy (non-hydrogen) atoms. The molecule has 0 saturated carbocycles. The van der Waals surface area contributed by atoms with Gasteiger partial charge in [0.15, 0.2) is 0 Å². The van der Waals surface area contributed by atoms with Crippen molar-refractivity contribution < 1.29 is 5.11 Å². The Hall–Kier alpha value is -0.870. The van der Waals surface area contributed by atoms with E-state index in [1.807, 2.05) is 6.92 Å². The van der Waals surface area contributed by atoms with E-state index in [0.717, 1.165) is 25.2 Å². The van der Waals surface area contributed by atoms with Crippen molar-refractivity contribution >= 4 is 17.4 Å². The molecule has 1 aromatic rings. The second kappa shape index (κ2) is 4.97. The van der Waals surface area contributed by atoms with Crippen LogP contribution >= 0.6 is 11.6 Å². The summed E-state index contributed by atoms with van der Waals surface area (Å²) in [5, 5.41) is 9.81. The lowest BCUT2D eigenvalue weighted by molar-refractivity contribution is 0.239. The highest BCUT2D eigenvalue weighted by molar-refractivity contribution is 6.29. The van der Waals surface area contributed by atoms with E-state index < -0.39 is 0 Å². The fourth-order valence-corrected chi connectivity index (χ4v) is 2.38. The van der Waals surface area contributed by atoms with E-state index in [0.29, 0.717) is 11.0 Å². The molecule has 0 amide bonds. The van der Waals surface area contributed by atoms with E-state index in [1.54, 1.807) is 6.07 Å². The van der Waals surface area contributed by atoms with Crippen LogP contribution in [0.25, 0.3) is 0 Å². The number of halogens is 1. The molecular formula is C11H16ClN3O. The topological polar surface area (TPSA) is 49.2 Å². The summed E-state index contributed by atoms with van der Waals surface area (Å²) in [6.07, 6.45) is 3.31. The van der Waals surface area contributed by atoms with Crippen LogP contribution in [0.4, 0.5) is 5.82 Å². The molecule has 1 N–H and O–H groups in total. The molecule has 1 aliphatic heterocycles. The summed E-state index contributed by atoms with van der Waals surface area (Å²) in [7, 11) is 0. The van der Waals surface area contributed by atoms with Gasteiger partial charge in [0, 0.05) is 12.6 Å². The number of aromatic nitrogens is 2. The summed E-state index contributed by atoms with van der Waals surface area (Å²) in [6.45, 7) is 2.92. The summed E-state index contributed by atoms with van der Waals surface area (Å²) < 4.78 is 0. The number of rotatable bonds is 2. The van der Waals surface area contributed by atoms with Gasteiger partial charge in [-0.3, -0.25) is 0 Å². The van der Waals surface area contributed by atoms with E-state index in [1.165, 1.54) is 6.42 Å². The Morgan fingerprint density at radius 3 is 3.00 bits per heavy atom. The molecule has 2 heterocycles. The molecular weight excluding hydrogens is 226 g/mol. The van der Waals surface area contributed by atoms with Crippen molar-refractivity contribution in [2.24, 2.45) is 0 Å². The molecule has 0 radical (unpaired) electrons. The summed E-state index contributed by atoms with van der Waals surface area (Å²) in [4.78, 5) is 10.5. The van der Waals surface area contributed by atoms with Gasteiger partial charge in [0.25, 0.3) is 0 Å². The Labute approximate surface area is 100 Å². The predicted octanol–water partition coefficient (Wildman–Crippen LogP) is 1.79. The largest absolute Gasteiger partial charge is 0.394 e. The number of anilines is 1. The van der Waals surface area contributed by atoms with Crippen LogP contribution in [-0.2, 0) is 0 Å². The van der Waals surface area contributed by atoms with Gasteiger partial charge in [-0.2, -0.15) is 0 Å². The molecule has 0 aliphatic carbocycles. The second-order valence-corrected chi connectivity index (χ2v) is 4.51. The fraction of sp³-hybridized carbons (Fsp3) is 0.636. The minimum Gasteiger partial charge on any atom is -0.394 e. The average molecular weight is 242 g/mol. The third kappa shape index (κ3) is 2.44. The molecule has 88 valence electrons. The van der Waals surface area contributed by atoms with Gasteiger partial charge in [-0.1, -0.05) is 11.6 Å². The average Bonchev–Trinajstić information content (AvgIpc) is 2.27. The number of hydrogen-bond donors (Lipinski definition) is 1. The Kier molecular flexibility index (Phi) is 3.61. The minimum absolute atomic E-state index is 0.166. The molecule has 1 unspecified atom stereocenters. The first-order valence-corrected chi connectivity index (χ1v) is 5.97. The lowest BCUT2D eigenvalue weighted by Gasteiger charge is -2.35. The highest BCUT2D eigenvalue weighted by atomic mass is 35.5. The van der Waals surface area contributed by atoms with Gasteiger partial charge in [-0.25, -0.2) is 9.97 Å². The standard InChI is InChI=1S/C11H16ClN3O/c1-8-13-10(12)6-11(14-8)15-5-3-2-4-9(15)7-16/h6,9,16H,2-5,7H2,1H3. The number of aliphatic hydroxyl groups is 1. The number of hydrogen-bond acceptors (Lipinski definition) is 4. The van der Waals surface area contributed by atoms with Crippen LogP contribution in [0, 0.1) is 6.92 Å². The van der Waals surface area contributed by atoms with Crippen molar-refractivity contribution in [2.75, 3.05) is 18.1 Å². The molecule has 1 aliphatic rings. The Balaban J connectivity index is 2.26. The molecule has 1 aromatic heterocycles. The van der Waals surface area contributed by atoms with Crippen LogP contribution in [-0.4, -0.2) is 34.3 Å². The highest BCUT2D eigenvalue weighted by Crippen LogP contribution is 2.24. The van der Waals surface area contributed by atoms with Crippen LogP contribution in [0.2, 0.25) is 5.15 Å². The van der Waals surface area contributed by atoms with Crippen LogP contribution in [0.5, 0.6) is 0 Å². The normalized spacial score (nSPS) is 21.2. The third-order valence-corrected chi connectivity index (χ3v) is 3.12. The molecule has 1 saturated heterocycles. The zero-order valence-electron chi connectivity index (χ0n) is 9.36. The third-order valence-electron chi connectivity index (χ3n) is 2.93. The summed E-state index contributed by atoms with van der Waals surface area (Å²) in [6, 6.07) is 1.93. The first-order valence-electron chi connectivity index (χ1n) is 5.59. The summed E-state index contributed by atoms with van der Waals surface area (Å²) in [5.74, 6) is 1.50. The van der Waals surface area contributed by atoms with Crippen LogP contribution in [0.1, 0.15) is 25.1 Å². The number of nitrogens with zero attached hydrogens (tertiary/aromatic N) is 3. The summed E-state index contributed by atoms with van der Waals surface area (Å²) >= 11 is 5.92. The van der Waals surface area contributed by atoms with E-state index in [2.05, 4.69) is 14.9 Å². The zero-order chi connectivity index (χ0) is 11.5. The summed E-state index contributed by atoms with van der Waals surface area (Å²) in [5.41, 5.74) is 0. The molecule has 2 rings (SSSR count). The molecule has 0 aromatic carbocycles. The van der Waals surface area contributed by atoms with E-state index >= 15 is 0 Å². The van der Waals surface area contributed by atoms with Crippen molar-refractivity contribution in [2.45, 2.75) is 32.2 Å². The number of aryl methyl sites for hydroxylation is 1. The van der Waals surface area contributed by atoms with Crippen molar-refractivity contribution in [1.29, 1.82) is 0 Å². The van der Waals surface area contributed by atoms with Gasteiger partial charge in [-0.15, -0.1) is 0 Å². The Morgan fingerprint density at radius 2 is 2.31 bits per heavy atom. The van der Waals surface area contributed by atoms with Gasteiger partial charge >= 0.3 is 0 Å². The van der Waals surface area contributed by atoms with E-state index in [4.69, 9.17) is 11.6 Å². The zero-order valence-corrected chi connectivity index (χ0v) is 10.1. The van der Waals surface area contributed by atoms with Gasteiger partial charge in [0.1, 0.15) is 16.8 Å². The molecule has 0 bridgehead atoms. The first-order chi connectivity index (χ1) is 7.70. The van der Waals surface area contributed by atoms with Gasteiger partial charge in [-0.05, 0) is 26.2 Å². The molecule has 1 fully saturated rings. The van der Waals surface area contributed by atoms with Crippen molar-refractivity contribution in [3.8, 4) is 0 Å². The monoisotopic (exact) mass is 241 g/mol. The Bertz CT molecular complexity index is 352. The van der Waals surface area contributed by atoms with Gasteiger partial charge in [0.05, 0.1) is 12.6 Å². The predicted molar refractivity (Wildman–Crippen MR) is 63.8 cm³/mol. The lowest BCUT2D eigenvalue weighted by Crippen LogP contribution is -2.42. The van der Waals surface area contributed by atoms with Gasteiger partial charge in [0.2, 0.25) is 0 Å². The minimum atomic E-state index is 0.166. The molecule has 5 heteroatoms. The molecule has 4 nitrogen and oxygen atoms in total. The Morgan fingerprint density at radius 1 is 1.50 bits per heavy atom. The maximum atomic E-state index is 9.34. The molecule has 0 spiro atoms. The van der Waals surface area contributed by atoms with Crippen molar-refractivity contribution in [3.63, 3.8) is 0 Å². The second-order valence-electron chi connectivity index (χ2n) is 4.12. The van der Waals surface area contributed by atoms with E-state index in [-0.39, 0.29) is 12.6 Å². The smallest absolute Gasteiger partial charge is 0.134 e. The SMILES string of the molecule is Cc1nc(Cl)cc(N2CCCCC2CO)n1. The van der Waals surface area contributed by atoms with Crippen LogP contribution in [0.15, 0.2) is 6.07 Å². The van der Waals surface area contributed by atoms with Crippen LogP contribution in [0.3, 0.4) is 0 Å². The van der Waals surface area contributed by atoms with Crippen molar-refractivity contribution in [1.82, 2.24) is 9.97 Å². The van der Waals surface area contributed by atoms with E-state index in [9.17, 15) is 5.11 Å². The number of piperidine rings is 1. The lowest BCUT2D eigenvalue weighted by atomic mass is 10.0. The van der Waals surface area contributed by atoms with Crippen LogP contribution < -0.4 is 4.90 Å². The highest BCUT2D eigenvalue weighted by Gasteiger charge is 2.23. The maximum Gasteiger partial charge on any atom is 0.134 e. The van der Waals surface area contributed by atoms with Crippen molar-refractivity contribution in [3.05, 3.63) is 17.0 Å². The van der Waals surface area contributed by atoms with Gasteiger partial charge < -0.3 is 10.0 Å². The maximum absolute atomic E-state index is 9.34. The number of aliphatic hydroxyl groups excluding tert-OH is 1.